The van der Waals surface area contributed by atoms with Crippen molar-refractivity contribution in [2.24, 2.45) is 0 Å². The third kappa shape index (κ3) is 5.30. The van der Waals surface area contributed by atoms with Crippen molar-refractivity contribution in [3.8, 4) is 0 Å². The van der Waals surface area contributed by atoms with E-state index in [-0.39, 0.29) is 6.10 Å². The predicted molar refractivity (Wildman–Crippen MR) is 117 cm³/mol. The molecule has 0 amide bonds. The van der Waals surface area contributed by atoms with Crippen molar-refractivity contribution >= 4 is 11.8 Å². The minimum Gasteiger partial charge on any atom is -0.345 e. The molecule has 3 aromatic rings. The van der Waals surface area contributed by atoms with E-state index in [1.54, 1.807) is 6.20 Å². The number of hydrogen-bond acceptors (Lipinski definition) is 4. The van der Waals surface area contributed by atoms with Crippen LogP contribution < -0.4 is 0 Å². The van der Waals surface area contributed by atoms with Crippen LogP contribution >= 0.6 is 11.8 Å². The summed E-state index contributed by atoms with van der Waals surface area (Å²) in [4.78, 5) is 5.48. The van der Waals surface area contributed by atoms with Crippen molar-refractivity contribution in [1.29, 1.82) is 0 Å². The van der Waals surface area contributed by atoms with Crippen LogP contribution in [0.3, 0.4) is 0 Å². The van der Waals surface area contributed by atoms with Crippen LogP contribution in [0.1, 0.15) is 23.1 Å². The third-order valence-electron chi connectivity index (χ3n) is 5.33. The van der Waals surface area contributed by atoms with E-state index >= 15 is 0 Å². The van der Waals surface area contributed by atoms with Gasteiger partial charge in [0, 0.05) is 29.5 Å². The molecule has 4 nitrogen and oxygen atoms in total. The highest BCUT2D eigenvalue weighted by Crippen LogP contribution is 2.33. The molecule has 1 aromatic heterocycles. The Labute approximate surface area is 177 Å². The van der Waals surface area contributed by atoms with Gasteiger partial charge in [0.1, 0.15) is 0 Å². The quantitative estimate of drug-likeness (QED) is 0.490. The monoisotopic (exact) mass is 408 g/mol. The highest BCUT2D eigenvalue weighted by molar-refractivity contribution is 7.99. The Morgan fingerprint density at radius 3 is 2.72 bits per heavy atom. The molecule has 0 saturated carbocycles. The summed E-state index contributed by atoms with van der Waals surface area (Å²) in [7, 11) is 0. The Kier molecular flexibility index (Phi) is 6.38. The van der Waals surface area contributed by atoms with E-state index in [2.05, 4.69) is 67.4 Å². The zero-order valence-corrected chi connectivity index (χ0v) is 17.9. The lowest BCUT2D eigenvalue weighted by molar-refractivity contribution is -0.180. The maximum Gasteiger partial charge on any atom is 0.187 e. The van der Waals surface area contributed by atoms with Crippen LogP contribution in [0, 0.1) is 13.8 Å². The molecule has 2 heterocycles. The molecule has 1 aliphatic rings. The third-order valence-corrected chi connectivity index (χ3v) is 6.64. The summed E-state index contributed by atoms with van der Waals surface area (Å²) in [6.45, 7) is 5.55. The topological polar surface area (TPSA) is 36.3 Å². The van der Waals surface area contributed by atoms with Gasteiger partial charge in [-0.25, -0.2) is 4.98 Å². The van der Waals surface area contributed by atoms with Crippen molar-refractivity contribution in [3.63, 3.8) is 0 Å². The highest BCUT2D eigenvalue weighted by atomic mass is 32.2. The normalized spacial score (nSPS) is 21.5. The van der Waals surface area contributed by atoms with E-state index in [0.29, 0.717) is 13.2 Å². The average molecular weight is 409 g/mol. The van der Waals surface area contributed by atoms with Gasteiger partial charge < -0.3 is 14.0 Å². The second-order valence-corrected chi connectivity index (χ2v) is 8.82. The lowest BCUT2D eigenvalue weighted by Crippen LogP contribution is -2.37. The molecule has 1 fully saturated rings. The Hall–Kier alpha value is -2.08. The number of imidazole rings is 1. The number of aryl methyl sites for hydroxylation is 3. The molecule has 0 aliphatic carbocycles. The fourth-order valence-corrected chi connectivity index (χ4v) is 4.64. The number of aromatic nitrogens is 2. The van der Waals surface area contributed by atoms with Gasteiger partial charge in [0.05, 0.1) is 25.6 Å². The second kappa shape index (κ2) is 9.16. The average Bonchev–Trinajstić information content (AvgIpc) is 3.38. The molecule has 1 saturated heterocycles. The van der Waals surface area contributed by atoms with Gasteiger partial charge in [-0.2, -0.15) is 0 Å². The van der Waals surface area contributed by atoms with Crippen molar-refractivity contribution < 1.29 is 9.47 Å². The summed E-state index contributed by atoms with van der Waals surface area (Å²) in [5.74, 6) is 0.281. The summed E-state index contributed by atoms with van der Waals surface area (Å²) in [6.07, 6.45) is 7.42. The lowest BCUT2D eigenvalue weighted by Gasteiger charge is -2.28. The minimum absolute atomic E-state index is 0.0844. The number of rotatable bonds is 8. The molecule has 2 unspecified atom stereocenters. The van der Waals surface area contributed by atoms with Gasteiger partial charge in [0.15, 0.2) is 5.79 Å². The molecule has 4 rings (SSSR count). The highest BCUT2D eigenvalue weighted by Gasteiger charge is 2.41. The van der Waals surface area contributed by atoms with Crippen molar-refractivity contribution in [2.45, 2.75) is 50.0 Å². The van der Waals surface area contributed by atoms with Crippen LogP contribution in [-0.2, 0) is 22.4 Å². The van der Waals surface area contributed by atoms with Crippen LogP contribution in [-0.4, -0.2) is 33.8 Å². The molecule has 0 N–H and O–H groups in total. The fraction of sp³-hybridized carbons (Fsp3) is 0.375. The molecule has 29 heavy (non-hydrogen) atoms. The van der Waals surface area contributed by atoms with Crippen molar-refractivity contribution in [2.75, 3.05) is 12.4 Å². The van der Waals surface area contributed by atoms with E-state index in [0.717, 1.165) is 18.6 Å². The predicted octanol–water partition coefficient (Wildman–Crippen LogP) is 5.04. The maximum absolute atomic E-state index is 6.54. The molecule has 2 aromatic carbocycles. The Morgan fingerprint density at radius 2 is 1.97 bits per heavy atom. The first-order valence-electron chi connectivity index (χ1n) is 10.1. The van der Waals surface area contributed by atoms with Gasteiger partial charge >= 0.3 is 0 Å². The van der Waals surface area contributed by atoms with Gasteiger partial charge in [-0.05, 0) is 37.5 Å². The van der Waals surface area contributed by atoms with Gasteiger partial charge in [-0.3, -0.25) is 0 Å². The van der Waals surface area contributed by atoms with Gasteiger partial charge in [0.2, 0.25) is 0 Å². The molecule has 0 radical (unpaired) electrons. The second-order valence-electron chi connectivity index (χ2n) is 7.76. The van der Waals surface area contributed by atoms with Crippen LogP contribution in [0.15, 0.2) is 72.1 Å². The Balaban J connectivity index is 1.41. The zero-order chi connectivity index (χ0) is 20.1. The Bertz CT molecular complexity index is 911. The van der Waals surface area contributed by atoms with E-state index in [4.69, 9.17) is 9.47 Å². The zero-order valence-electron chi connectivity index (χ0n) is 17.1. The van der Waals surface area contributed by atoms with Gasteiger partial charge in [0.25, 0.3) is 0 Å². The first-order valence-corrected chi connectivity index (χ1v) is 11.1. The molecule has 1 aliphatic heterocycles. The van der Waals surface area contributed by atoms with E-state index in [1.165, 1.54) is 21.6 Å². The standard InChI is InChI=1S/C24H28N2O2S/c1-19-7-9-21(10-8-19)11-12-24(17-26-14-13-25-18-26)27-15-22(28-24)16-29-23-6-4-3-5-20(23)2/h3-10,13-14,18,22H,11-12,15-17H2,1-2H3. The first kappa shape index (κ1) is 20.2. The summed E-state index contributed by atoms with van der Waals surface area (Å²) < 4.78 is 14.9. The largest absolute Gasteiger partial charge is 0.345 e. The maximum atomic E-state index is 6.54. The Morgan fingerprint density at radius 1 is 1.14 bits per heavy atom. The SMILES string of the molecule is Cc1ccc(CCC2(Cn3ccnc3)OCC(CSc3ccccc3C)O2)cc1. The summed E-state index contributed by atoms with van der Waals surface area (Å²) in [6, 6.07) is 17.2. The molecule has 5 heteroatoms. The van der Waals surface area contributed by atoms with Gasteiger partial charge in [-0.1, -0.05) is 48.0 Å². The van der Waals surface area contributed by atoms with Crippen molar-refractivity contribution in [1.82, 2.24) is 9.55 Å². The fourth-order valence-electron chi connectivity index (χ4n) is 3.64. The molecular weight excluding hydrogens is 380 g/mol. The first-order chi connectivity index (χ1) is 14.1. The number of hydrogen-bond donors (Lipinski definition) is 0. The number of thioether (sulfide) groups is 1. The van der Waals surface area contributed by atoms with Crippen molar-refractivity contribution in [3.05, 3.63) is 83.9 Å². The molecular formula is C24H28N2O2S. The van der Waals surface area contributed by atoms with E-state index < -0.39 is 5.79 Å². The van der Waals surface area contributed by atoms with Crippen LogP contribution in [0.4, 0.5) is 0 Å². The van der Waals surface area contributed by atoms with Crippen LogP contribution in [0.25, 0.3) is 0 Å². The number of benzene rings is 2. The lowest BCUT2D eigenvalue weighted by atomic mass is 10.0. The summed E-state index contributed by atoms with van der Waals surface area (Å²) in [5.41, 5.74) is 3.90. The van der Waals surface area contributed by atoms with E-state index in [1.807, 2.05) is 28.9 Å². The molecule has 2 atom stereocenters. The van der Waals surface area contributed by atoms with Crippen LogP contribution in [0.5, 0.6) is 0 Å². The van der Waals surface area contributed by atoms with Gasteiger partial charge in [-0.15, -0.1) is 11.8 Å². The summed E-state index contributed by atoms with van der Waals surface area (Å²) >= 11 is 1.84. The number of ether oxygens (including phenoxy) is 2. The molecule has 152 valence electrons. The molecule has 0 bridgehead atoms. The van der Waals surface area contributed by atoms with Crippen LogP contribution in [0.2, 0.25) is 0 Å². The molecule has 0 spiro atoms. The van der Waals surface area contributed by atoms with E-state index in [9.17, 15) is 0 Å². The summed E-state index contributed by atoms with van der Waals surface area (Å²) in [5, 5.41) is 0. The minimum atomic E-state index is -0.609. The smallest absolute Gasteiger partial charge is 0.187 e. The number of nitrogens with zero attached hydrogens (tertiary/aromatic N) is 2.